The fraction of sp³-hybridized carbons (Fsp3) is 0.520. The Morgan fingerprint density at radius 3 is 2.38 bits per heavy atom. The van der Waals surface area contributed by atoms with Crippen LogP contribution >= 0.6 is 0 Å². The lowest BCUT2D eigenvalue weighted by Crippen LogP contribution is -2.49. The van der Waals surface area contributed by atoms with Crippen molar-refractivity contribution < 1.29 is 18.7 Å². The molecule has 0 unspecified atom stereocenters. The van der Waals surface area contributed by atoms with E-state index in [9.17, 15) is 18.7 Å². The molecule has 0 spiro atoms. The van der Waals surface area contributed by atoms with E-state index in [1.165, 1.54) is 24.6 Å². The standard InChI is InChI=1S/C25H33F2N3O2/c1-16(31)30-21(11-18-9-19(26)13-20(27)10-18)22(32)15-29-25(6-7-25)23-12-17(5-8-28-23)14-24(2,3)4/h5,8-10,12-13,21-22,29,32H,6-7,11,14-15H2,1-4H3,(H,30,31)/t21-,22-/m0/s1. The monoisotopic (exact) mass is 445 g/mol. The molecule has 1 aliphatic rings. The van der Waals surface area contributed by atoms with E-state index in [-0.39, 0.29) is 29.8 Å². The molecule has 174 valence electrons. The highest BCUT2D eigenvalue weighted by molar-refractivity contribution is 5.73. The first-order chi connectivity index (χ1) is 15.0. The van der Waals surface area contributed by atoms with Gasteiger partial charge in [-0.1, -0.05) is 20.8 Å². The quantitative estimate of drug-likeness (QED) is 0.551. The van der Waals surface area contributed by atoms with Crippen molar-refractivity contribution in [2.75, 3.05) is 6.54 Å². The zero-order valence-corrected chi connectivity index (χ0v) is 19.2. The van der Waals surface area contributed by atoms with Crippen molar-refractivity contribution in [3.8, 4) is 0 Å². The van der Waals surface area contributed by atoms with Crippen molar-refractivity contribution in [2.45, 2.75) is 71.1 Å². The van der Waals surface area contributed by atoms with Gasteiger partial charge in [0.2, 0.25) is 5.91 Å². The van der Waals surface area contributed by atoms with Gasteiger partial charge in [-0.25, -0.2) is 8.78 Å². The van der Waals surface area contributed by atoms with Crippen LogP contribution in [-0.2, 0) is 23.2 Å². The first-order valence-corrected chi connectivity index (χ1v) is 11.1. The van der Waals surface area contributed by atoms with Crippen molar-refractivity contribution in [3.63, 3.8) is 0 Å². The number of rotatable bonds is 9. The van der Waals surface area contributed by atoms with Gasteiger partial charge in [0, 0.05) is 25.7 Å². The second-order valence-electron chi connectivity index (χ2n) is 10.1. The zero-order chi connectivity index (χ0) is 23.5. The Hall–Kier alpha value is -2.38. The van der Waals surface area contributed by atoms with E-state index in [0.29, 0.717) is 5.56 Å². The largest absolute Gasteiger partial charge is 0.390 e. The molecule has 1 aliphatic carbocycles. The Kier molecular flexibility index (Phi) is 7.30. The van der Waals surface area contributed by atoms with Crippen LogP contribution in [-0.4, -0.2) is 34.7 Å². The molecule has 0 aliphatic heterocycles. The van der Waals surface area contributed by atoms with Gasteiger partial charge < -0.3 is 15.7 Å². The van der Waals surface area contributed by atoms with Crippen LogP contribution in [0.1, 0.15) is 57.4 Å². The number of benzene rings is 1. The fourth-order valence-corrected chi connectivity index (χ4v) is 4.08. The molecule has 2 aromatic rings. The van der Waals surface area contributed by atoms with Gasteiger partial charge >= 0.3 is 0 Å². The van der Waals surface area contributed by atoms with Gasteiger partial charge in [-0.05, 0) is 66.5 Å². The van der Waals surface area contributed by atoms with Gasteiger partial charge in [0.1, 0.15) is 11.6 Å². The summed E-state index contributed by atoms with van der Waals surface area (Å²) in [6.07, 6.45) is 3.75. The van der Waals surface area contributed by atoms with E-state index in [0.717, 1.165) is 31.0 Å². The first-order valence-electron chi connectivity index (χ1n) is 11.1. The average molecular weight is 446 g/mol. The van der Waals surface area contributed by atoms with Gasteiger partial charge in [0.25, 0.3) is 0 Å². The molecule has 1 amide bonds. The van der Waals surface area contributed by atoms with Crippen LogP contribution in [0.15, 0.2) is 36.5 Å². The number of halogens is 2. The Balaban J connectivity index is 1.68. The summed E-state index contributed by atoms with van der Waals surface area (Å²) in [5, 5.41) is 17.0. The Labute approximate surface area is 188 Å². The molecule has 32 heavy (non-hydrogen) atoms. The maximum absolute atomic E-state index is 13.6. The van der Waals surface area contributed by atoms with E-state index < -0.39 is 23.8 Å². The van der Waals surface area contributed by atoms with Crippen LogP contribution in [0.25, 0.3) is 0 Å². The molecule has 1 aromatic carbocycles. The van der Waals surface area contributed by atoms with Gasteiger partial charge in [-0.3, -0.25) is 9.78 Å². The number of amides is 1. The molecule has 7 heteroatoms. The lowest BCUT2D eigenvalue weighted by molar-refractivity contribution is -0.120. The van der Waals surface area contributed by atoms with E-state index in [1.54, 1.807) is 0 Å². The molecule has 1 heterocycles. The van der Waals surface area contributed by atoms with E-state index in [4.69, 9.17) is 0 Å². The summed E-state index contributed by atoms with van der Waals surface area (Å²) in [5.41, 5.74) is 2.43. The van der Waals surface area contributed by atoms with Gasteiger partial charge in [-0.2, -0.15) is 0 Å². The highest BCUT2D eigenvalue weighted by atomic mass is 19.1. The number of aliphatic hydroxyl groups is 1. The number of aromatic nitrogens is 1. The van der Waals surface area contributed by atoms with E-state index >= 15 is 0 Å². The number of carbonyl (C=O) groups is 1. The molecule has 2 atom stereocenters. The van der Waals surface area contributed by atoms with Crippen LogP contribution in [0.3, 0.4) is 0 Å². The maximum atomic E-state index is 13.6. The second-order valence-corrected chi connectivity index (χ2v) is 10.1. The zero-order valence-electron chi connectivity index (χ0n) is 19.2. The normalized spacial score (nSPS) is 17.0. The van der Waals surface area contributed by atoms with Crippen LogP contribution in [0, 0.1) is 17.0 Å². The van der Waals surface area contributed by atoms with Crippen molar-refractivity contribution >= 4 is 5.91 Å². The lowest BCUT2D eigenvalue weighted by atomic mass is 9.88. The van der Waals surface area contributed by atoms with Gasteiger partial charge in [0.05, 0.1) is 23.4 Å². The Bertz CT molecular complexity index is 934. The molecule has 0 bridgehead atoms. The molecule has 3 N–H and O–H groups in total. The molecule has 1 aromatic heterocycles. The van der Waals surface area contributed by atoms with Crippen LogP contribution in [0.5, 0.6) is 0 Å². The van der Waals surface area contributed by atoms with Crippen LogP contribution in [0.4, 0.5) is 8.78 Å². The topological polar surface area (TPSA) is 74.2 Å². The van der Waals surface area contributed by atoms with Crippen molar-refractivity contribution in [2.24, 2.45) is 5.41 Å². The summed E-state index contributed by atoms with van der Waals surface area (Å²) in [7, 11) is 0. The average Bonchev–Trinajstić information content (AvgIpc) is 3.44. The summed E-state index contributed by atoms with van der Waals surface area (Å²) in [5.74, 6) is -1.69. The number of hydrogen-bond donors (Lipinski definition) is 3. The molecule has 5 nitrogen and oxygen atoms in total. The minimum atomic E-state index is -0.944. The van der Waals surface area contributed by atoms with Crippen molar-refractivity contribution in [1.29, 1.82) is 0 Å². The predicted molar refractivity (Wildman–Crippen MR) is 120 cm³/mol. The minimum absolute atomic E-state index is 0.115. The molecule has 0 saturated heterocycles. The summed E-state index contributed by atoms with van der Waals surface area (Å²) >= 11 is 0. The predicted octanol–water partition coefficient (Wildman–Crippen LogP) is 3.64. The van der Waals surface area contributed by atoms with Gasteiger partial charge in [-0.15, -0.1) is 0 Å². The molecule has 0 radical (unpaired) electrons. The van der Waals surface area contributed by atoms with E-state index in [1.807, 2.05) is 12.3 Å². The highest BCUT2D eigenvalue weighted by Crippen LogP contribution is 2.44. The Morgan fingerprint density at radius 2 is 1.81 bits per heavy atom. The third kappa shape index (κ3) is 6.81. The van der Waals surface area contributed by atoms with Gasteiger partial charge in [0.15, 0.2) is 0 Å². The smallest absolute Gasteiger partial charge is 0.217 e. The highest BCUT2D eigenvalue weighted by Gasteiger charge is 2.46. The summed E-state index contributed by atoms with van der Waals surface area (Å²) in [6.45, 7) is 8.16. The molecule has 3 rings (SSSR count). The second kappa shape index (κ2) is 9.63. The summed E-state index contributed by atoms with van der Waals surface area (Å²) in [6, 6.07) is 6.70. The number of nitrogens with one attached hydrogen (secondary N) is 2. The van der Waals surface area contributed by atoms with Crippen molar-refractivity contribution in [1.82, 2.24) is 15.6 Å². The number of carbonyl (C=O) groups excluding carboxylic acids is 1. The lowest BCUT2D eigenvalue weighted by Gasteiger charge is -2.27. The molecular formula is C25H33F2N3O2. The fourth-order valence-electron chi connectivity index (χ4n) is 4.08. The van der Waals surface area contributed by atoms with E-state index in [2.05, 4.69) is 42.5 Å². The third-order valence-electron chi connectivity index (χ3n) is 5.68. The number of hydrogen-bond acceptors (Lipinski definition) is 4. The third-order valence-corrected chi connectivity index (χ3v) is 5.68. The first kappa shape index (κ1) is 24.3. The van der Waals surface area contributed by atoms with Crippen LogP contribution < -0.4 is 10.6 Å². The molecule has 1 saturated carbocycles. The number of pyridine rings is 1. The molecular weight excluding hydrogens is 412 g/mol. The number of aliphatic hydroxyl groups excluding tert-OH is 1. The van der Waals surface area contributed by atoms with Crippen molar-refractivity contribution in [3.05, 3.63) is 65.0 Å². The minimum Gasteiger partial charge on any atom is -0.390 e. The maximum Gasteiger partial charge on any atom is 0.217 e. The summed E-state index contributed by atoms with van der Waals surface area (Å²) in [4.78, 5) is 16.2. The SMILES string of the molecule is CC(=O)N[C@@H](Cc1cc(F)cc(F)c1)[C@@H](O)CNC1(c2cc(CC(C)(C)C)ccn2)CC1. The molecule has 1 fully saturated rings. The van der Waals surface area contributed by atoms with Crippen LogP contribution in [0.2, 0.25) is 0 Å². The summed E-state index contributed by atoms with van der Waals surface area (Å²) < 4.78 is 27.1. The number of nitrogens with zero attached hydrogens (tertiary/aromatic N) is 1. The Morgan fingerprint density at radius 1 is 1.16 bits per heavy atom.